The van der Waals surface area contributed by atoms with Crippen LogP contribution in [0.5, 0.6) is 0 Å². The summed E-state index contributed by atoms with van der Waals surface area (Å²) in [4.78, 5) is 13.2. The van der Waals surface area contributed by atoms with Crippen LogP contribution in [0, 0.1) is 0 Å². The topological polar surface area (TPSA) is 46.9 Å². The van der Waals surface area contributed by atoms with Crippen LogP contribution in [0.2, 0.25) is 0 Å². The molecule has 0 aliphatic rings. The largest absolute Gasteiger partial charge is 0.323 e. The van der Waals surface area contributed by atoms with Crippen molar-refractivity contribution in [3.63, 3.8) is 0 Å². The monoisotopic (exact) mass is 325 g/mol. The normalized spacial score (nSPS) is 10.6. The van der Waals surface area contributed by atoms with Crippen LogP contribution < -0.4 is 5.32 Å². The van der Waals surface area contributed by atoms with Crippen molar-refractivity contribution < 1.29 is 4.79 Å². The third-order valence-electron chi connectivity index (χ3n) is 3.57. The minimum Gasteiger partial charge on any atom is -0.323 e. The van der Waals surface area contributed by atoms with Crippen LogP contribution in [-0.2, 0) is 24.2 Å². The number of aromatic nitrogens is 2. The van der Waals surface area contributed by atoms with Gasteiger partial charge in [-0.25, -0.2) is 0 Å². The van der Waals surface area contributed by atoms with E-state index < -0.39 is 0 Å². The molecule has 0 unspecified atom stereocenters. The molecule has 0 radical (unpaired) electrons. The van der Waals surface area contributed by atoms with E-state index in [1.165, 1.54) is 10.4 Å². The summed E-state index contributed by atoms with van der Waals surface area (Å²) in [5.74, 6) is 0.0287. The van der Waals surface area contributed by atoms with E-state index in [0.717, 1.165) is 25.1 Å². The van der Waals surface area contributed by atoms with Crippen molar-refractivity contribution in [3.8, 4) is 0 Å². The summed E-state index contributed by atoms with van der Waals surface area (Å²) in [7, 11) is 0. The highest BCUT2D eigenvalue weighted by Crippen LogP contribution is 2.12. The number of hydrogen-bond acceptors (Lipinski definition) is 3. The molecule has 3 aromatic rings. The number of nitrogens with zero attached hydrogens (tertiary/aromatic N) is 2. The fourth-order valence-electron chi connectivity index (χ4n) is 2.35. The first-order chi connectivity index (χ1) is 11.3. The maximum atomic E-state index is 12.0. The lowest BCUT2D eigenvalue weighted by Gasteiger charge is -2.02. The number of hydrogen-bond donors (Lipinski definition) is 1. The van der Waals surface area contributed by atoms with E-state index in [-0.39, 0.29) is 5.91 Å². The van der Waals surface area contributed by atoms with Crippen LogP contribution in [0.4, 0.5) is 5.69 Å². The first-order valence-corrected chi connectivity index (χ1v) is 8.56. The molecule has 0 atom stereocenters. The molecule has 0 saturated heterocycles. The molecule has 2 heterocycles. The van der Waals surface area contributed by atoms with Gasteiger partial charge in [0.1, 0.15) is 0 Å². The zero-order valence-electron chi connectivity index (χ0n) is 12.8. The lowest BCUT2D eigenvalue weighted by Crippen LogP contribution is -2.11. The van der Waals surface area contributed by atoms with Gasteiger partial charge in [0, 0.05) is 24.0 Å². The van der Waals surface area contributed by atoms with Crippen molar-refractivity contribution >= 4 is 22.9 Å². The van der Waals surface area contributed by atoms with Crippen LogP contribution in [0.25, 0.3) is 0 Å². The van der Waals surface area contributed by atoms with Gasteiger partial charge in [0.2, 0.25) is 5.91 Å². The van der Waals surface area contributed by atoms with E-state index in [4.69, 9.17) is 0 Å². The third-order valence-corrected chi connectivity index (χ3v) is 4.50. The van der Waals surface area contributed by atoms with Gasteiger partial charge in [0.05, 0.1) is 11.9 Å². The summed E-state index contributed by atoms with van der Waals surface area (Å²) >= 11 is 1.68. The number of aryl methyl sites for hydroxylation is 3. The van der Waals surface area contributed by atoms with Crippen molar-refractivity contribution in [3.05, 3.63) is 70.7 Å². The predicted molar refractivity (Wildman–Crippen MR) is 93.6 cm³/mol. The Morgan fingerprint density at radius 1 is 1.13 bits per heavy atom. The molecule has 0 spiro atoms. The van der Waals surface area contributed by atoms with E-state index in [2.05, 4.69) is 28.6 Å². The molecule has 0 saturated carbocycles. The van der Waals surface area contributed by atoms with Gasteiger partial charge in [-0.05, 0) is 29.9 Å². The highest BCUT2D eigenvalue weighted by molar-refractivity contribution is 7.09. The van der Waals surface area contributed by atoms with Gasteiger partial charge in [0.25, 0.3) is 0 Å². The average Bonchev–Trinajstić information content (AvgIpc) is 3.24. The van der Waals surface area contributed by atoms with E-state index >= 15 is 0 Å². The summed E-state index contributed by atoms with van der Waals surface area (Å²) in [6, 6.07) is 14.4. The molecule has 2 aromatic heterocycles. The highest BCUT2D eigenvalue weighted by Gasteiger charge is 2.06. The molecule has 5 heteroatoms. The Kier molecular flexibility index (Phi) is 5.21. The Labute approximate surface area is 139 Å². The summed E-state index contributed by atoms with van der Waals surface area (Å²) in [5, 5.41) is 9.24. The third kappa shape index (κ3) is 4.79. The lowest BCUT2D eigenvalue weighted by molar-refractivity contribution is -0.116. The van der Waals surface area contributed by atoms with Gasteiger partial charge < -0.3 is 5.32 Å². The Hall–Kier alpha value is -2.40. The summed E-state index contributed by atoms with van der Waals surface area (Å²) in [6.07, 6.45) is 5.79. The van der Waals surface area contributed by atoms with Crippen molar-refractivity contribution in [1.29, 1.82) is 0 Å². The van der Waals surface area contributed by atoms with Gasteiger partial charge in [-0.15, -0.1) is 11.3 Å². The van der Waals surface area contributed by atoms with Crippen LogP contribution in [0.1, 0.15) is 16.9 Å². The number of amides is 1. The lowest BCUT2D eigenvalue weighted by atomic mass is 10.1. The summed E-state index contributed by atoms with van der Waals surface area (Å²) < 4.78 is 1.86. The number of anilines is 1. The van der Waals surface area contributed by atoms with Gasteiger partial charge in [0.15, 0.2) is 0 Å². The molecule has 118 valence electrons. The smallest absolute Gasteiger partial charge is 0.224 e. The standard InChI is InChI=1S/C18H19N3OS/c22-18(9-8-17-7-4-12-23-17)20-16-13-19-21(14-16)11-10-15-5-2-1-3-6-15/h1-7,12-14H,8-11H2,(H,20,22). The first-order valence-electron chi connectivity index (χ1n) is 7.68. The summed E-state index contributed by atoms with van der Waals surface area (Å²) in [6.45, 7) is 0.801. The molecule has 1 N–H and O–H groups in total. The molecule has 0 aliphatic carbocycles. The highest BCUT2D eigenvalue weighted by atomic mass is 32.1. The molecule has 0 fully saturated rings. The number of nitrogens with one attached hydrogen (secondary N) is 1. The summed E-state index contributed by atoms with van der Waals surface area (Å²) in [5.41, 5.74) is 2.04. The molecule has 0 bridgehead atoms. The molecule has 23 heavy (non-hydrogen) atoms. The molecule has 3 rings (SSSR count). The molecular formula is C18H19N3OS. The minimum atomic E-state index is 0.0287. The van der Waals surface area contributed by atoms with Crippen LogP contribution >= 0.6 is 11.3 Å². The molecule has 1 aromatic carbocycles. The fraction of sp³-hybridized carbons (Fsp3) is 0.222. The van der Waals surface area contributed by atoms with Crippen LogP contribution in [0.3, 0.4) is 0 Å². The second-order valence-electron chi connectivity index (χ2n) is 5.36. The molecule has 1 amide bonds. The molecule has 0 aliphatic heterocycles. The second kappa shape index (κ2) is 7.74. The number of rotatable bonds is 7. The van der Waals surface area contributed by atoms with Crippen molar-refractivity contribution in [2.24, 2.45) is 0 Å². The first kappa shape index (κ1) is 15.5. The molecule has 4 nitrogen and oxygen atoms in total. The van der Waals surface area contributed by atoms with Gasteiger partial charge in [-0.3, -0.25) is 9.48 Å². The number of carbonyl (C=O) groups is 1. The Balaban J connectivity index is 1.46. The fourth-order valence-corrected chi connectivity index (χ4v) is 3.06. The van der Waals surface area contributed by atoms with E-state index in [1.54, 1.807) is 17.5 Å². The number of benzene rings is 1. The average molecular weight is 325 g/mol. The maximum Gasteiger partial charge on any atom is 0.224 e. The number of carbonyl (C=O) groups excluding carboxylic acids is 1. The van der Waals surface area contributed by atoms with Gasteiger partial charge in [-0.2, -0.15) is 5.10 Å². The van der Waals surface area contributed by atoms with Crippen molar-refractivity contribution in [1.82, 2.24) is 9.78 Å². The minimum absolute atomic E-state index is 0.0287. The Bertz CT molecular complexity index is 735. The van der Waals surface area contributed by atoms with E-state index in [0.29, 0.717) is 6.42 Å². The van der Waals surface area contributed by atoms with Crippen LogP contribution in [-0.4, -0.2) is 15.7 Å². The zero-order valence-corrected chi connectivity index (χ0v) is 13.6. The SMILES string of the molecule is O=C(CCc1cccs1)Nc1cnn(CCc2ccccc2)c1. The van der Waals surface area contributed by atoms with Crippen molar-refractivity contribution in [2.75, 3.05) is 5.32 Å². The number of thiophene rings is 1. The van der Waals surface area contributed by atoms with E-state index in [9.17, 15) is 4.79 Å². The quantitative estimate of drug-likeness (QED) is 0.719. The molecular weight excluding hydrogens is 306 g/mol. The van der Waals surface area contributed by atoms with Gasteiger partial charge >= 0.3 is 0 Å². The predicted octanol–water partition coefficient (Wildman–Crippen LogP) is 3.76. The van der Waals surface area contributed by atoms with E-state index in [1.807, 2.05) is 40.5 Å². The Morgan fingerprint density at radius 3 is 2.78 bits per heavy atom. The zero-order chi connectivity index (χ0) is 15.9. The Morgan fingerprint density at radius 2 is 2.00 bits per heavy atom. The van der Waals surface area contributed by atoms with Crippen molar-refractivity contribution in [2.45, 2.75) is 25.8 Å². The van der Waals surface area contributed by atoms with Gasteiger partial charge in [-0.1, -0.05) is 36.4 Å². The van der Waals surface area contributed by atoms with Crippen LogP contribution in [0.15, 0.2) is 60.2 Å². The second-order valence-corrected chi connectivity index (χ2v) is 6.39. The maximum absolute atomic E-state index is 12.0.